The van der Waals surface area contributed by atoms with E-state index in [-0.39, 0.29) is 17.6 Å². The fourth-order valence-corrected chi connectivity index (χ4v) is 3.78. The number of hydrogen-bond donors (Lipinski definition) is 0. The standard InChI is InChI=1S/C17H16ClNO2S/c18-15-7-6-14(22-15)17(21)19-10-8-13(9-11-19)16(20)12-4-2-1-3-5-12/h1-7,13H,8-11H2. The Bertz CT molecular complexity index is 675. The minimum Gasteiger partial charge on any atom is -0.338 e. The van der Waals surface area contributed by atoms with Crippen LogP contribution >= 0.6 is 22.9 Å². The van der Waals surface area contributed by atoms with Crippen molar-refractivity contribution < 1.29 is 9.59 Å². The summed E-state index contributed by atoms with van der Waals surface area (Å²) in [6.07, 6.45) is 1.44. The summed E-state index contributed by atoms with van der Waals surface area (Å²) in [6, 6.07) is 12.9. The Kier molecular flexibility index (Phi) is 4.60. The molecule has 0 N–H and O–H groups in total. The second-order valence-electron chi connectivity index (χ2n) is 5.40. The summed E-state index contributed by atoms with van der Waals surface area (Å²) in [5.74, 6) is 0.216. The Morgan fingerprint density at radius 3 is 2.32 bits per heavy atom. The highest BCUT2D eigenvalue weighted by Gasteiger charge is 2.28. The number of amides is 1. The molecule has 5 heteroatoms. The van der Waals surface area contributed by atoms with Crippen LogP contribution < -0.4 is 0 Å². The quantitative estimate of drug-likeness (QED) is 0.792. The van der Waals surface area contributed by atoms with E-state index in [0.717, 1.165) is 18.4 Å². The molecule has 2 heterocycles. The number of carbonyl (C=O) groups excluding carboxylic acids is 2. The van der Waals surface area contributed by atoms with Crippen molar-refractivity contribution in [3.8, 4) is 0 Å². The number of piperidine rings is 1. The van der Waals surface area contributed by atoms with Crippen LogP contribution in [-0.4, -0.2) is 29.7 Å². The lowest BCUT2D eigenvalue weighted by molar-refractivity contribution is 0.0654. The molecule has 2 aromatic rings. The summed E-state index contributed by atoms with van der Waals surface area (Å²) in [7, 11) is 0. The zero-order valence-corrected chi connectivity index (χ0v) is 13.6. The minimum atomic E-state index is 0.0124. The van der Waals surface area contributed by atoms with Gasteiger partial charge in [-0.25, -0.2) is 0 Å². The highest BCUT2D eigenvalue weighted by Crippen LogP contribution is 2.26. The van der Waals surface area contributed by atoms with E-state index in [4.69, 9.17) is 11.6 Å². The molecule has 1 fully saturated rings. The maximum Gasteiger partial charge on any atom is 0.263 e. The van der Waals surface area contributed by atoms with Gasteiger partial charge in [-0.2, -0.15) is 0 Å². The van der Waals surface area contributed by atoms with Gasteiger partial charge in [0.05, 0.1) is 9.21 Å². The molecule has 1 aliphatic rings. The van der Waals surface area contributed by atoms with Crippen LogP contribution in [0, 0.1) is 5.92 Å². The molecule has 3 nitrogen and oxygen atoms in total. The molecule has 1 aromatic heterocycles. The lowest BCUT2D eigenvalue weighted by atomic mass is 9.89. The zero-order valence-electron chi connectivity index (χ0n) is 12.0. The number of nitrogens with zero attached hydrogens (tertiary/aromatic N) is 1. The van der Waals surface area contributed by atoms with E-state index in [0.29, 0.717) is 22.3 Å². The summed E-state index contributed by atoms with van der Waals surface area (Å²) in [5.41, 5.74) is 0.761. The number of hydrogen-bond acceptors (Lipinski definition) is 3. The molecular weight excluding hydrogens is 318 g/mol. The number of benzene rings is 1. The van der Waals surface area contributed by atoms with E-state index in [2.05, 4.69) is 0 Å². The van der Waals surface area contributed by atoms with Crippen molar-refractivity contribution in [2.24, 2.45) is 5.92 Å². The van der Waals surface area contributed by atoms with Crippen molar-refractivity contribution in [3.05, 3.63) is 57.2 Å². The van der Waals surface area contributed by atoms with Crippen molar-refractivity contribution in [2.75, 3.05) is 13.1 Å². The maximum absolute atomic E-state index is 12.4. The van der Waals surface area contributed by atoms with Crippen LogP contribution in [0.4, 0.5) is 0 Å². The molecule has 0 aliphatic carbocycles. The average molecular weight is 334 g/mol. The molecule has 0 radical (unpaired) electrons. The molecule has 22 heavy (non-hydrogen) atoms. The molecule has 1 amide bonds. The molecular formula is C17H16ClNO2S. The third-order valence-electron chi connectivity index (χ3n) is 4.00. The van der Waals surface area contributed by atoms with Gasteiger partial charge in [0.25, 0.3) is 5.91 Å². The number of rotatable bonds is 3. The van der Waals surface area contributed by atoms with Gasteiger partial charge >= 0.3 is 0 Å². The Morgan fingerprint density at radius 2 is 1.73 bits per heavy atom. The summed E-state index contributed by atoms with van der Waals surface area (Å²) in [5, 5.41) is 0. The van der Waals surface area contributed by atoms with Crippen molar-refractivity contribution in [2.45, 2.75) is 12.8 Å². The molecule has 114 valence electrons. The van der Waals surface area contributed by atoms with Crippen LogP contribution in [0.2, 0.25) is 4.34 Å². The SMILES string of the molecule is O=C(c1ccccc1)C1CCN(C(=O)c2ccc(Cl)s2)CC1. The monoisotopic (exact) mass is 333 g/mol. The summed E-state index contributed by atoms with van der Waals surface area (Å²) in [6.45, 7) is 1.25. The van der Waals surface area contributed by atoms with E-state index in [1.165, 1.54) is 11.3 Å². The van der Waals surface area contributed by atoms with E-state index < -0.39 is 0 Å². The largest absolute Gasteiger partial charge is 0.338 e. The number of halogens is 1. The Balaban J connectivity index is 1.61. The summed E-state index contributed by atoms with van der Waals surface area (Å²) in [4.78, 5) is 27.3. The first-order chi connectivity index (χ1) is 10.6. The number of Topliss-reactive ketones (excluding diaryl/α,β-unsaturated/α-hetero) is 1. The van der Waals surface area contributed by atoms with Gasteiger partial charge in [-0.1, -0.05) is 41.9 Å². The predicted molar refractivity (Wildman–Crippen MR) is 88.7 cm³/mol. The predicted octanol–water partition coefficient (Wildman–Crippen LogP) is 4.14. The molecule has 0 spiro atoms. The van der Waals surface area contributed by atoms with E-state index in [1.807, 2.05) is 35.2 Å². The van der Waals surface area contributed by atoms with Gasteiger partial charge in [0.2, 0.25) is 0 Å². The Labute approximate surface area is 138 Å². The first-order valence-electron chi connectivity index (χ1n) is 7.29. The molecule has 0 saturated carbocycles. The Hall–Kier alpha value is -1.65. The average Bonchev–Trinajstić information content (AvgIpc) is 3.01. The van der Waals surface area contributed by atoms with Gasteiger partial charge < -0.3 is 4.90 Å². The van der Waals surface area contributed by atoms with Crippen molar-refractivity contribution >= 4 is 34.6 Å². The van der Waals surface area contributed by atoms with E-state index in [1.54, 1.807) is 12.1 Å². The van der Waals surface area contributed by atoms with Crippen molar-refractivity contribution in [1.29, 1.82) is 0 Å². The highest BCUT2D eigenvalue weighted by molar-refractivity contribution is 7.17. The van der Waals surface area contributed by atoms with Crippen molar-refractivity contribution in [1.82, 2.24) is 4.90 Å². The van der Waals surface area contributed by atoms with Gasteiger partial charge in [0.15, 0.2) is 5.78 Å². The number of carbonyl (C=O) groups is 2. The van der Waals surface area contributed by atoms with E-state index in [9.17, 15) is 9.59 Å². The van der Waals surface area contributed by atoms with Crippen LogP contribution in [-0.2, 0) is 0 Å². The number of thiophene rings is 1. The van der Waals surface area contributed by atoms with Gasteiger partial charge in [-0.15, -0.1) is 11.3 Å². The van der Waals surface area contributed by atoms with Crippen LogP contribution in [0.25, 0.3) is 0 Å². The van der Waals surface area contributed by atoms with Gasteiger partial charge in [-0.3, -0.25) is 9.59 Å². The minimum absolute atomic E-state index is 0.0124. The molecule has 1 aliphatic heterocycles. The lowest BCUT2D eigenvalue weighted by Crippen LogP contribution is -2.40. The first kappa shape index (κ1) is 15.3. The van der Waals surface area contributed by atoms with Crippen LogP contribution in [0.15, 0.2) is 42.5 Å². The molecule has 0 atom stereocenters. The second-order valence-corrected chi connectivity index (χ2v) is 7.12. The third-order valence-corrected chi connectivity index (χ3v) is 5.21. The highest BCUT2D eigenvalue weighted by atomic mass is 35.5. The van der Waals surface area contributed by atoms with Gasteiger partial charge in [0.1, 0.15) is 0 Å². The molecule has 1 aromatic carbocycles. The molecule has 1 saturated heterocycles. The maximum atomic E-state index is 12.4. The van der Waals surface area contributed by atoms with Gasteiger partial charge in [0, 0.05) is 24.6 Å². The fraction of sp³-hybridized carbons (Fsp3) is 0.294. The van der Waals surface area contributed by atoms with Crippen LogP contribution in [0.3, 0.4) is 0 Å². The normalized spacial score (nSPS) is 15.8. The second kappa shape index (κ2) is 6.63. The molecule has 0 unspecified atom stereocenters. The lowest BCUT2D eigenvalue weighted by Gasteiger charge is -2.31. The summed E-state index contributed by atoms with van der Waals surface area (Å²) >= 11 is 7.18. The van der Waals surface area contributed by atoms with Crippen LogP contribution in [0.5, 0.6) is 0 Å². The molecule has 0 bridgehead atoms. The van der Waals surface area contributed by atoms with Crippen LogP contribution in [0.1, 0.15) is 32.9 Å². The number of ketones is 1. The Morgan fingerprint density at radius 1 is 1.05 bits per heavy atom. The zero-order chi connectivity index (χ0) is 15.5. The third kappa shape index (κ3) is 3.23. The topological polar surface area (TPSA) is 37.4 Å². The summed E-state index contributed by atoms with van der Waals surface area (Å²) < 4.78 is 0.623. The first-order valence-corrected chi connectivity index (χ1v) is 8.48. The smallest absolute Gasteiger partial charge is 0.263 e. The molecule has 3 rings (SSSR count). The fourth-order valence-electron chi connectivity index (χ4n) is 2.77. The van der Waals surface area contributed by atoms with E-state index >= 15 is 0 Å². The number of likely N-dealkylation sites (tertiary alicyclic amines) is 1. The van der Waals surface area contributed by atoms with Gasteiger partial charge in [-0.05, 0) is 25.0 Å². The van der Waals surface area contributed by atoms with Crippen molar-refractivity contribution in [3.63, 3.8) is 0 Å².